The first-order valence-corrected chi connectivity index (χ1v) is 6.60. The predicted molar refractivity (Wildman–Crippen MR) is 74.8 cm³/mol. The first-order chi connectivity index (χ1) is 9.49. The minimum absolute atomic E-state index is 0.0376. The zero-order chi connectivity index (χ0) is 14.7. The molecule has 0 aromatic heterocycles. The van der Waals surface area contributed by atoms with Gasteiger partial charge in [-0.2, -0.15) is 0 Å². The van der Waals surface area contributed by atoms with E-state index in [1.54, 1.807) is 4.90 Å². The number of halogens is 2. The normalized spacial score (nSPS) is 15.0. The van der Waals surface area contributed by atoms with E-state index in [2.05, 4.69) is 5.32 Å². The number of aromatic carboxylic acids is 1. The van der Waals surface area contributed by atoms with Crippen LogP contribution in [0.2, 0.25) is 10.0 Å². The van der Waals surface area contributed by atoms with Crippen LogP contribution in [-0.2, 0) is 4.74 Å². The number of morpholine rings is 1. The number of urea groups is 1. The van der Waals surface area contributed by atoms with Crippen molar-refractivity contribution < 1.29 is 19.4 Å². The van der Waals surface area contributed by atoms with Crippen molar-refractivity contribution in [3.63, 3.8) is 0 Å². The van der Waals surface area contributed by atoms with Crippen molar-refractivity contribution >= 4 is 40.9 Å². The zero-order valence-corrected chi connectivity index (χ0v) is 11.9. The van der Waals surface area contributed by atoms with Crippen molar-refractivity contribution in [2.45, 2.75) is 0 Å². The van der Waals surface area contributed by atoms with Crippen LogP contribution < -0.4 is 5.32 Å². The number of carboxylic acid groups (broad SMARTS) is 1. The molecule has 0 unspecified atom stereocenters. The van der Waals surface area contributed by atoms with Gasteiger partial charge in [-0.15, -0.1) is 0 Å². The molecule has 1 aliphatic rings. The van der Waals surface area contributed by atoms with E-state index in [4.69, 9.17) is 33.0 Å². The summed E-state index contributed by atoms with van der Waals surface area (Å²) in [6, 6.07) is 2.13. The number of hydrogen-bond donors (Lipinski definition) is 2. The van der Waals surface area contributed by atoms with Gasteiger partial charge in [-0.1, -0.05) is 23.2 Å². The second kappa shape index (κ2) is 6.30. The molecular weight excluding hydrogens is 307 g/mol. The number of nitrogens with zero attached hydrogens (tertiary/aromatic N) is 1. The standard InChI is InChI=1S/C12H12Cl2N2O4/c13-8-5-7(11(17)18)6-9(14)10(8)15-12(19)16-1-3-20-4-2-16/h5-6H,1-4H2,(H,15,19)(H,17,18). The first-order valence-electron chi connectivity index (χ1n) is 5.85. The van der Waals surface area contributed by atoms with E-state index < -0.39 is 5.97 Å². The number of hydrogen-bond acceptors (Lipinski definition) is 3. The fraction of sp³-hybridized carbons (Fsp3) is 0.333. The third-order valence-electron chi connectivity index (χ3n) is 2.82. The quantitative estimate of drug-likeness (QED) is 0.878. The van der Waals surface area contributed by atoms with Crippen molar-refractivity contribution in [3.8, 4) is 0 Å². The Bertz CT molecular complexity index is 521. The van der Waals surface area contributed by atoms with Crippen LogP contribution in [0.25, 0.3) is 0 Å². The van der Waals surface area contributed by atoms with E-state index in [1.165, 1.54) is 12.1 Å². The Labute approximate surface area is 125 Å². The largest absolute Gasteiger partial charge is 0.478 e. The summed E-state index contributed by atoms with van der Waals surface area (Å²) in [4.78, 5) is 24.4. The molecule has 0 atom stereocenters. The second-order valence-electron chi connectivity index (χ2n) is 4.15. The summed E-state index contributed by atoms with van der Waals surface area (Å²) in [5.74, 6) is -1.14. The van der Waals surface area contributed by atoms with Gasteiger partial charge in [0.05, 0.1) is 34.5 Å². The molecule has 0 spiro atoms. The van der Waals surface area contributed by atoms with Crippen molar-refractivity contribution in [2.24, 2.45) is 0 Å². The molecule has 2 amide bonds. The van der Waals surface area contributed by atoms with Crippen LogP contribution in [0.4, 0.5) is 10.5 Å². The lowest BCUT2D eigenvalue weighted by atomic mass is 10.2. The van der Waals surface area contributed by atoms with Gasteiger partial charge >= 0.3 is 12.0 Å². The molecule has 0 bridgehead atoms. The molecule has 1 aliphatic heterocycles. The molecule has 2 rings (SSSR count). The number of nitrogens with one attached hydrogen (secondary N) is 1. The number of anilines is 1. The average molecular weight is 319 g/mol. The Balaban J connectivity index is 2.16. The number of carbonyl (C=O) groups excluding carboxylic acids is 1. The van der Waals surface area contributed by atoms with Crippen LogP contribution in [0, 0.1) is 0 Å². The molecule has 0 aliphatic carbocycles. The summed E-state index contributed by atoms with van der Waals surface area (Å²) >= 11 is 11.9. The Morgan fingerprint density at radius 3 is 2.25 bits per heavy atom. The van der Waals surface area contributed by atoms with Gasteiger partial charge < -0.3 is 20.1 Å². The maximum atomic E-state index is 12.0. The monoisotopic (exact) mass is 318 g/mol. The van der Waals surface area contributed by atoms with Crippen LogP contribution in [-0.4, -0.2) is 48.3 Å². The molecule has 20 heavy (non-hydrogen) atoms. The topological polar surface area (TPSA) is 78.9 Å². The number of benzene rings is 1. The predicted octanol–water partition coefficient (Wildman–Crippen LogP) is 2.56. The number of rotatable bonds is 2. The van der Waals surface area contributed by atoms with Crippen molar-refractivity contribution in [1.82, 2.24) is 4.90 Å². The summed E-state index contributed by atoms with van der Waals surface area (Å²) in [6.07, 6.45) is 0. The molecular formula is C12H12Cl2N2O4. The Kier molecular flexibility index (Phi) is 4.69. The number of ether oxygens (including phenoxy) is 1. The Morgan fingerprint density at radius 1 is 1.20 bits per heavy atom. The van der Waals surface area contributed by atoms with Gasteiger partial charge in [-0.3, -0.25) is 0 Å². The van der Waals surface area contributed by atoms with E-state index in [9.17, 15) is 9.59 Å². The average Bonchev–Trinajstić information content (AvgIpc) is 2.43. The van der Waals surface area contributed by atoms with Crippen molar-refractivity contribution in [2.75, 3.05) is 31.6 Å². The summed E-state index contributed by atoms with van der Waals surface area (Å²) < 4.78 is 5.15. The molecule has 1 heterocycles. The van der Waals surface area contributed by atoms with E-state index in [-0.39, 0.29) is 27.3 Å². The number of carboxylic acids is 1. The van der Waals surface area contributed by atoms with E-state index in [0.717, 1.165) is 0 Å². The van der Waals surface area contributed by atoms with Crippen LogP contribution in [0.1, 0.15) is 10.4 Å². The van der Waals surface area contributed by atoms with Crippen LogP contribution in [0.3, 0.4) is 0 Å². The van der Waals surface area contributed by atoms with Crippen LogP contribution in [0.5, 0.6) is 0 Å². The minimum Gasteiger partial charge on any atom is -0.478 e. The summed E-state index contributed by atoms with van der Waals surface area (Å²) in [5, 5.41) is 11.6. The van der Waals surface area contributed by atoms with Gasteiger partial charge in [0.25, 0.3) is 0 Å². The molecule has 108 valence electrons. The highest BCUT2D eigenvalue weighted by Crippen LogP contribution is 2.32. The Morgan fingerprint density at radius 2 is 1.75 bits per heavy atom. The SMILES string of the molecule is O=C(O)c1cc(Cl)c(NC(=O)N2CCOCC2)c(Cl)c1. The second-order valence-corrected chi connectivity index (χ2v) is 4.96. The van der Waals surface area contributed by atoms with Crippen molar-refractivity contribution in [1.29, 1.82) is 0 Å². The molecule has 6 nitrogen and oxygen atoms in total. The van der Waals surface area contributed by atoms with Crippen LogP contribution in [0.15, 0.2) is 12.1 Å². The molecule has 0 saturated carbocycles. The maximum Gasteiger partial charge on any atom is 0.335 e. The molecule has 0 radical (unpaired) electrons. The van der Waals surface area contributed by atoms with E-state index >= 15 is 0 Å². The van der Waals surface area contributed by atoms with E-state index in [0.29, 0.717) is 26.3 Å². The number of amides is 2. The molecule has 1 aromatic rings. The summed E-state index contributed by atoms with van der Waals surface area (Å²) in [5.41, 5.74) is 0.166. The fourth-order valence-electron chi connectivity index (χ4n) is 1.77. The highest BCUT2D eigenvalue weighted by Gasteiger charge is 2.20. The summed E-state index contributed by atoms with van der Waals surface area (Å²) in [6.45, 7) is 1.92. The maximum absolute atomic E-state index is 12.0. The number of carbonyl (C=O) groups is 2. The summed E-state index contributed by atoms with van der Waals surface area (Å²) in [7, 11) is 0. The van der Waals surface area contributed by atoms with Gasteiger partial charge in [0.15, 0.2) is 0 Å². The molecule has 8 heteroatoms. The zero-order valence-electron chi connectivity index (χ0n) is 10.4. The first kappa shape index (κ1) is 14.9. The molecule has 1 fully saturated rings. The molecule has 1 saturated heterocycles. The third-order valence-corrected chi connectivity index (χ3v) is 3.42. The molecule has 2 N–H and O–H groups in total. The highest BCUT2D eigenvalue weighted by molar-refractivity contribution is 6.40. The lowest BCUT2D eigenvalue weighted by Crippen LogP contribution is -2.43. The van der Waals surface area contributed by atoms with Gasteiger partial charge in [0, 0.05) is 13.1 Å². The van der Waals surface area contributed by atoms with Crippen LogP contribution >= 0.6 is 23.2 Å². The van der Waals surface area contributed by atoms with Gasteiger partial charge in [0.2, 0.25) is 0 Å². The fourth-order valence-corrected chi connectivity index (χ4v) is 2.35. The Hall–Kier alpha value is -1.50. The van der Waals surface area contributed by atoms with Gasteiger partial charge in [-0.25, -0.2) is 9.59 Å². The van der Waals surface area contributed by atoms with Gasteiger partial charge in [0.1, 0.15) is 0 Å². The highest BCUT2D eigenvalue weighted by atomic mass is 35.5. The smallest absolute Gasteiger partial charge is 0.335 e. The lowest BCUT2D eigenvalue weighted by Gasteiger charge is -2.27. The minimum atomic E-state index is -1.14. The lowest BCUT2D eigenvalue weighted by molar-refractivity contribution is 0.0564. The molecule has 1 aromatic carbocycles. The third kappa shape index (κ3) is 3.33. The van der Waals surface area contributed by atoms with E-state index in [1.807, 2.05) is 0 Å². The van der Waals surface area contributed by atoms with Crippen molar-refractivity contribution in [3.05, 3.63) is 27.7 Å². The van der Waals surface area contributed by atoms with Gasteiger partial charge in [-0.05, 0) is 12.1 Å².